The minimum atomic E-state index is -0.0111. The van der Waals surface area contributed by atoms with Crippen molar-refractivity contribution in [3.05, 3.63) is 17.6 Å². The lowest BCUT2D eigenvalue weighted by atomic mass is 10.2. The van der Waals surface area contributed by atoms with Crippen molar-refractivity contribution in [2.24, 2.45) is 0 Å². The second-order valence-electron chi connectivity index (χ2n) is 3.33. The summed E-state index contributed by atoms with van der Waals surface area (Å²) < 4.78 is 10.0. The fourth-order valence-electron chi connectivity index (χ4n) is 1.33. The number of carbonyl (C=O) groups is 1. The molecule has 0 aromatic carbocycles. The maximum atomic E-state index is 11.4. The molecule has 0 saturated carbocycles. The van der Waals surface area contributed by atoms with Gasteiger partial charge in [0.1, 0.15) is 12.4 Å². The van der Waals surface area contributed by atoms with E-state index in [2.05, 4.69) is 9.97 Å². The number of methoxy groups -OCH3 is 1. The summed E-state index contributed by atoms with van der Waals surface area (Å²) in [4.78, 5) is 19.6. The molecule has 0 aliphatic rings. The second kappa shape index (κ2) is 6.17. The van der Waals surface area contributed by atoms with Crippen LogP contribution in [0.1, 0.15) is 18.4 Å². The minimum absolute atomic E-state index is 0.0111. The van der Waals surface area contributed by atoms with Gasteiger partial charge in [-0.2, -0.15) is 4.98 Å². The molecule has 0 bridgehead atoms. The molecule has 0 aliphatic heterocycles. The number of ether oxygens (including phenoxy) is 2. The van der Waals surface area contributed by atoms with Crippen molar-refractivity contribution in [3.8, 4) is 5.88 Å². The predicted octanol–water partition coefficient (Wildman–Crippen LogP) is 0.942. The van der Waals surface area contributed by atoms with Gasteiger partial charge in [-0.25, -0.2) is 4.98 Å². The van der Waals surface area contributed by atoms with E-state index >= 15 is 0 Å². The number of Topliss-reactive ketones (excluding diaryl/α,β-unsaturated/α-hetero) is 1. The van der Waals surface area contributed by atoms with Crippen LogP contribution in [0.15, 0.2) is 6.07 Å². The quantitative estimate of drug-likeness (QED) is 0.719. The third-order valence-electron chi connectivity index (χ3n) is 1.84. The first-order chi connectivity index (χ1) is 7.65. The molecule has 0 spiro atoms. The van der Waals surface area contributed by atoms with Gasteiger partial charge in [0.15, 0.2) is 5.78 Å². The van der Waals surface area contributed by atoms with Crippen molar-refractivity contribution < 1.29 is 14.3 Å². The SMILES string of the molecule is CCOc1cc(CC(=O)COC)nc(C)n1. The van der Waals surface area contributed by atoms with Crippen molar-refractivity contribution in [1.82, 2.24) is 9.97 Å². The highest BCUT2D eigenvalue weighted by molar-refractivity contribution is 5.81. The van der Waals surface area contributed by atoms with Crippen LogP contribution in [0, 0.1) is 6.92 Å². The Morgan fingerprint density at radius 3 is 2.81 bits per heavy atom. The fraction of sp³-hybridized carbons (Fsp3) is 0.545. The number of hydrogen-bond donors (Lipinski definition) is 0. The molecule has 0 saturated heterocycles. The molecule has 5 heteroatoms. The maximum Gasteiger partial charge on any atom is 0.216 e. The molecular formula is C11H16N2O3. The Balaban J connectivity index is 2.75. The van der Waals surface area contributed by atoms with Crippen LogP contribution in [0.2, 0.25) is 0 Å². The van der Waals surface area contributed by atoms with Gasteiger partial charge in [0.25, 0.3) is 0 Å². The molecule has 5 nitrogen and oxygen atoms in total. The Labute approximate surface area is 94.8 Å². The zero-order chi connectivity index (χ0) is 12.0. The first-order valence-corrected chi connectivity index (χ1v) is 5.13. The van der Waals surface area contributed by atoms with Crippen molar-refractivity contribution in [2.45, 2.75) is 20.3 Å². The first-order valence-electron chi connectivity index (χ1n) is 5.13. The van der Waals surface area contributed by atoms with E-state index in [0.717, 1.165) is 0 Å². The van der Waals surface area contributed by atoms with Crippen molar-refractivity contribution in [2.75, 3.05) is 20.3 Å². The lowest BCUT2D eigenvalue weighted by molar-refractivity contribution is -0.122. The van der Waals surface area contributed by atoms with E-state index in [1.54, 1.807) is 13.0 Å². The molecule has 0 radical (unpaired) electrons. The third kappa shape index (κ3) is 3.94. The summed E-state index contributed by atoms with van der Waals surface area (Å²) in [6.07, 6.45) is 0.247. The number of aryl methyl sites for hydroxylation is 1. The zero-order valence-electron chi connectivity index (χ0n) is 9.82. The summed E-state index contributed by atoms with van der Waals surface area (Å²) in [6, 6.07) is 1.68. The number of nitrogens with zero attached hydrogens (tertiary/aromatic N) is 2. The molecule has 0 amide bonds. The van der Waals surface area contributed by atoms with E-state index in [0.29, 0.717) is 24.0 Å². The highest BCUT2D eigenvalue weighted by Crippen LogP contribution is 2.10. The maximum absolute atomic E-state index is 11.4. The third-order valence-corrected chi connectivity index (χ3v) is 1.84. The molecule has 0 N–H and O–H groups in total. The highest BCUT2D eigenvalue weighted by Gasteiger charge is 2.07. The Bertz CT molecular complexity index is 366. The van der Waals surface area contributed by atoms with Crippen molar-refractivity contribution in [3.63, 3.8) is 0 Å². The molecule has 0 atom stereocenters. The van der Waals surface area contributed by atoms with Crippen molar-refractivity contribution >= 4 is 5.78 Å². The summed E-state index contributed by atoms with van der Waals surface area (Å²) in [6.45, 7) is 4.30. The molecule has 0 unspecified atom stereocenters. The highest BCUT2D eigenvalue weighted by atomic mass is 16.5. The van der Waals surface area contributed by atoms with Crippen LogP contribution in [-0.2, 0) is 16.0 Å². The molecule has 1 aromatic heterocycles. The Morgan fingerprint density at radius 2 is 2.19 bits per heavy atom. The zero-order valence-corrected chi connectivity index (χ0v) is 9.82. The average Bonchev–Trinajstić information content (AvgIpc) is 2.17. The average molecular weight is 224 g/mol. The summed E-state index contributed by atoms with van der Waals surface area (Å²) in [5.74, 6) is 1.10. The number of rotatable bonds is 6. The molecule has 1 aromatic rings. The Hall–Kier alpha value is -1.49. The van der Waals surface area contributed by atoms with E-state index in [9.17, 15) is 4.79 Å². The van der Waals surface area contributed by atoms with Crippen LogP contribution < -0.4 is 4.74 Å². The van der Waals surface area contributed by atoms with E-state index < -0.39 is 0 Å². The van der Waals surface area contributed by atoms with E-state index in [4.69, 9.17) is 9.47 Å². The van der Waals surface area contributed by atoms with Crippen LogP contribution in [0.25, 0.3) is 0 Å². The molecule has 0 aliphatic carbocycles. The van der Waals surface area contributed by atoms with Gasteiger partial charge in [0.05, 0.1) is 18.7 Å². The normalized spacial score (nSPS) is 10.2. The van der Waals surface area contributed by atoms with Gasteiger partial charge in [-0.3, -0.25) is 4.79 Å². The number of aromatic nitrogens is 2. The Morgan fingerprint density at radius 1 is 1.44 bits per heavy atom. The number of hydrogen-bond acceptors (Lipinski definition) is 5. The first kappa shape index (κ1) is 12.6. The summed E-state index contributed by atoms with van der Waals surface area (Å²) in [5.41, 5.74) is 0.665. The fourth-order valence-corrected chi connectivity index (χ4v) is 1.33. The molecule has 0 fully saturated rings. The summed E-state index contributed by atoms with van der Waals surface area (Å²) in [5, 5.41) is 0. The van der Waals surface area contributed by atoms with Crippen LogP contribution in [0.5, 0.6) is 5.88 Å². The van der Waals surface area contributed by atoms with Crippen LogP contribution in [-0.4, -0.2) is 36.1 Å². The standard InChI is InChI=1S/C11H16N2O3/c1-4-16-11-6-9(12-8(2)13-11)5-10(14)7-15-3/h6H,4-5,7H2,1-3H3. The lowest BCUT2D eigenvalue weighted by Crippen LogP contribution is -2.12. The predicted molar refractivity (Wildman–Crippen MR) is 58.5 cm³/mol. The summed E-state index contributed by atoms with van der Waals surface area (Å²) in [7, 11) is 1.49. The van der Waals surface area contributed by atoms with Gasteiger partial charge < -0.3 is 9.47 Å². The van der Waals surface area contributed by atoms with E-state index in [1.165, 1.54) is 7.11 Å². The summed E-state index contributed by atoms with van der Waals surface area (Å²) >= 11 is 0. The topological polar surface area (TPSA) is 61.3 Å². The smallest absolute Gasteiger partial charge is 0.216 e. The molecular weight excluding hydrogens is 208 g/mol. The van der Waals surface area contributed by atoms with Gasteiger partial charge in [-0.05, 0) is 13.8 Å². The van der Waals surface area contributed by atoms with Gasteiger partial charge in [-0.1, -0.05) is 0 Å². The van der Waals surface area contributed by atoms with Gasteiger partial charge >= 0.3 is 0 Å². The van der Waals surface area contributed by atoms with Crippen LogP contribution in [0.3, 0.4) is 0 Å². The molecule has 16 heavy (non-hydrogen) atoms. The van der Waals surface area contributed by atoms with E-state index in [-0.39, 0.29) is 18.8 Å². The van der Waals surface area contributed by atoms with Gasteiger partial charge in [-0.15, -0.1) is 0 Å². The molecule has 1 heterocycles. The van der Waals surface area contributed by atoms with Crippen LogP contribution >= 0.6 is 0 Å². The molecule has 1 rings (SSSR count). The molecule has 88 valence electrons. The monoisotopic (exact) mass is 224 g/mol. The number of ketones is 1. The van der Waals surface area contributed by atoms with E-state index in [1.807, 2.05) is 6.92 Å². The number of carbonyl (C=O) groups excluding carboxylic acids is 1. The van der Waals surface area contributed by atoms with Gasteiger partial charge in [0.2, 0.25) is 5.88 Å². The lowest BCUT2D eigenvalue weighted by Gasteiger charge is -2.05. The van der Waals surface area contributed by atoms with Gasteiger partial charge in [0, 0.05) is 13.2 Å². The second-order valence-corrected chi connectivity index (χ2v) is 3.33. The minimum Gasteiger partial charge on any atom is -0.478 e. The largest absolute Gasteiger partial charge is 0.478 e. The van der Waals surface area contributed by atoms with Crippen molar-refractivity contribution in [1.29, 1.82) is 0 Å². The van der Waals surface area contributed by atoms with Crippen LogP contribution in [0.4, 0.5) is 0 Å². The Kier molecular flexibility index (Phi) is 4.85.